The molecule has 0 aromatic heterocycles. The van der Waals surface area contributed by atoms with E-state index in [4.69, 9.17) is 0 Å². The first-order chi connectivity index (χ1) is 6.34. The fourth-order valence-corrected chi connectivity index (χ4v) is 2.16. The molecule has 14 heavy (non-hydrogen) atoms. The first-order valence-corrected chi connectivity index (χ1v) is 4.77. The Balaban J connectivity index is 3.12. The van der Waals surface area contributed by atoms with Gasteiger partial charge >= 0.3 is 0 Å². The summed E-state index contributed by atoms with van der Waals surface area (Å²) >= 11 is 0. The lowest BCUT2D eigenvalue weighted by molar-refractivity contribution is -0.345. The fraction of sp³-hybridized carbons (Fsp3) is 0.800. The molecule has 0 saturated heterocycles. The lowest BCUT2D eigenvalue weighted by Crippen LogP contribution is -2.59. The average molecular weight is 198 g/mol. The lowest BCUT2D eigenvalue weighted by atomic mass is 9.57. The molecular weight excluding hydrogens is 184 g/mol. The van der Waals surface area contributed by atoms with Crippen molar-refractivity contribution in [3.8, 4) is 0 Å². The molecule has 80 valence electrons. The minimum absolute atomic E-state index is 0.347. The van der Waals surface area contributed by atoms with Gasteiger partial charge in [0, 0.05) is 22.8 Å². The molecule has 0 aliphatic heterocycles. The van der Waals surface area contributed by atoms with E-state index in [9.17, 15) is 19.8 Å². The van der Waals surface area contributed by atoms with E-state index in [1.807, 2.05) is 0 Å². The van der Waals surface area contributed by atoms with Gasteiger partial charge in [0.2, 0.25) is 0 Å². The Kier molecular flexibility index (Phi) is 2.56. The Labute approximate surface area is 82.9 Å². The largest absolute Gasteiger partial charge is 0.550 e. The molecule has 2 unspecified atom stereocenters. The highest BCUT2D eigenvalue weighted by Crippen LogP contribution is 2.49. The number of carboxylic acid groups (broad SMARTS) is 2. The maximum absolute atomic E-state index is 11.0. The van der Waals surface area contributed by atoms with Crippen LogP contribution in [0.25, 0.3) is 0 Å². The van der Waals surface area contributed by atoms with Crippen molar-refractivity contribution in [3.63, 3.8) is 0 Å². The van der Waals surface area contributed by atoms with Crippen molar-refractivity contribution < 1.29 is 19.8 Å². The van der Waals surface area contributed by atoms with Gasteiger partial charge in [-0.1, -0.05) is 26.7 Å². The third-order valence-electron chi connectivity index (χ3n) is 3.72. The van der Waals surface area contributed by atoms with Gasteiger partial charge in [-0.15, -0.1) is 0 Å². The van der Waals surface area contributed by atoms with Crippen LogP contribution in [0.1, 0.15) is 39.5 Å². The third-order valence-corrected chi connectivity index (χ3v) is 3.72. The van der Waals surface area contributed by atoms with Crippen molar-refractivity contribution in [2.75, 3.05) is 0 Å². The van der Waals surface area contributed by atoms with Crippen LogP contribution in [0.3, 0.4) is 0 Å². The minimum Gasteiger partial charge on any atom is -0.550 e. The third kappa shape index (κ3) is 1.29. The molecule has 4 heteroatoms. The minimum atomic E-state index is -1.30. The molecule has 0 N–H and O–H groups in total. The maximum Gasteiger partial charge on any atom is 0.0482 e. The first kappa shape index (κ1) is 11.0. The highest BCUT2D eigenvalue weighted by atomic mass is 16.4. The quantitative estimate of drug-likeness (QED) is 0.574. The zero-order valence-electron chi connectivity index (χ0n) is 8.46. The van der Waals surface area contributed by atoms with Crippen LogP contribution in [-0.4, -0.2) is 11.9 Å². The van der Waals surface area contributed by atoms with Crippen molar-refractivity contribution in [3.05, 3.63) is 0 Å². The smallest absolute Gasteiger partial charge is 0.0482 e. The molecule has 1 saturated carbocycles. The number of aliphatic carboxylic acids is 2. The summed E-state index contributed by atoms with van der Waals surface area (Å²) in [5.41, 5.74) is -2.60. The highest BCUT2D eigenvalue weighted by molar-refractivity contribution is 5.84. The summed E-state index contributed by atoms with van der Waals surface area (Å²) in [6, 6.07) is 0. The number of carboxylic acids is 2. The molecule has 0 spiro atoms. The molecule has 0 bridgehead atoms. The second-order valence-electron chi connectivity index (χ2n) is 4.45. The average Bonchev–Trinajstić information content (AvgIpc) is 2.09. The molecule has 0 radical (unpaired) electrons. The second kappa shape index (κ2) is 3.26. The van der Waals surface area contributed by atoms with Gasteiger partial charge in [0.15, 0.2) is 0 Å². The van der Waals surface area contributed by atoms with Crippen LogP contribution in [0.2, 0.25) is 0 Å². The Bertz CT molecular complexity index is 245. The van der Waals surface area contributed by atoms with Crippen LogP contribution in [-0.2, 0) is 9.59 Å². The van der Waals surface area contributed by atoms with E-state index in [-0.39, 0.29) is 0 Å². The van der Waals surface area contributed by atoms with E-state index >= 15 is 0 Å². The predicted octanol–water partition coefficient (Wildman–Crippen LogP) is -0.927. The molecule has 1 rings (SSSR count). The SMILES string of the molecule is CC1(C(=O)[O-])CCCCC1(C)C(=O)[O-]. The van der Waals surface area contributed by atoms with Crippen molar-refractivity contribution in [1.82, 2.24) is 0 Å². The van der Waals surface area contributed by atoms with Crippen LogP contribution in [0.5, 0.6) is 0 Å². The summed E-state index contributed by atoms with van der Waals surface area (Å²) in [6.07, 6.45) is 2.15. The Morgan fingerprint density at radius 1 is 0.929 bits per heavy atom. The van der Waals surface area contributed by atoms with E-state index < -0.39 is 22.8 Å². The molecule has 1 fully saturated rings. The molecular formula is C10H14O4-2. The summed E-state index contributed by atoms with van der Waals surface area (Å²) in [7, 11) is 0. The number of hydrogen-bond donors (Lipinski definition) is 0. The molecule has 1 aliphatic carbocycles. The molecule has 0 amide bonds. The first-order valence-electron chi connectivity index (χ1n) is 4.77. The van der Waals surface area contributed by atoms with Crippen molar-refractivity contribution in [2.45, 2.75) is 39.5 Å². The predicted molar refractivity (Wildman–Crippen MR) is 44.7 cm³/mol. The van der Waals surface area contributed by atoms with E-state index in [1.54, 1.807) is 0 Å². The van der Waals surface area contributed by atoms with Crippen molar-refractivity contribution >= 4 is 11.9 Å². The Hall–Kier alpha value is -1.06. The molecule has 4 nitrogen and oxygen atoms in total. The van der Waals surface area contributed by atoms with E-state index in [1.165, 1.54) is 13.8 Å². The van der Waals surface area contributed by atoms with Crippen LogP contribution in [0.15, 0.2) is 0 Å². The number of carbonyl (C=O) groups excluding carboxylic acids is 2. The molecule has 2 atom stereocenters. The zero-order chi connectivity index (χ0) is 11.0. The maximum atomic E-state index is 11.0. The Morgan fingerprint density at radius 2 is 1.21 bits per heavy atom. The van der Waals surface area contributed by atoms with Gasteiger partial charge in [-0.2, -0.15) is 0 Å². The molecule has 0 aromatic carbocycles. The standard InChI is InChI=1S/C10H16O4/c1-9(7(11)12)5-3-4-6-10(9,2)8(13)14/h3-6H2,1-2H3,(H,11,12)(H,13,14)/p-2. The van der Waals surface area contributed by atoms with Gasteiger partial charge < -0.3 is 19.8 Å². The van der Waals surface area contributed by atoms with E-state index in [2.05, 4.69) is 0 Å². The summed E-state index contributed by atoms with van der Waals surface area (Å²) in [6.45, 7) is 2.88. The zero-order valence-corrected chi connectivity index (χ0v) is 8.46. The number of rotatable bonds is 2. The monoisotopic (exact) mass is 198 g/mol. The summed E-state index contributed by atoms with van der Waals surface area (Å²) in [5.74, 6) is -2.58. The van der Waals surface area contributed by atoms with E-state index in [0.717, 1.165) is 12.8 Å². The van der Waals surface area contributed by atoms with Crippen molar-refractivity contribution in [2.24, 2.45) is 10.8 Å². The van der Waals surface area contributed by atoms with Crippen LogP contribution >= 0.6 is 0 Å². The van der Waals surface area contributed by atoms with Gasteiger partial charge in [-0.25, -0.2) is 0 Å². The topological polar surface area (TPSA) is 80.3 Å². The van der Waals surface area contributed by atoms with Crippen LogP contribution in [0.4, 0.5) is 0 Å². The lowest BCUT2D eigenvalue weighted by Gasteiger charge is -2.51. The van der Waals surface area contributed by atoms with Gasteiger partial charge in [-0.3, -0.25) is 0 Å². The summed E-state index contributed by atoms with van der Waals surface area (Å²) in [4.78, 5) is 22.0. The molecule has 0 heterocycles. The number of carbonyl (C=O) groups is 2. The van der Waals surface area contributed by atoms with Crippen LogP contribution < -0.4 is 10.2 Å². The summed E-state index contributed by atoms with van der Waals surface area (Å²) < 4.78 is 0. The van der Waals surface area contributed by atoms with Gasteiger partial charge in [0.25, 0.3) is 0 Å². The molecule has 1 aliphatic rings. The fourth-order valence-electron chi connectivity index (χ4n) is 2.16. The van der Waals surface area contributed by atoms with Crippen LogP contribution in [0, 0.1) is 10.8 Å². The van der Waals surface area contributed by atoms with Gasteiger partial charge in [0.05, 0.1) is 0 Å². The summed E-state index contributed by atoms with van der Waals surface area (Å²) in [5, 5.41) is 22.0. The number of hydrogen-bond acceptors (Lipinski definition) is 4. The van der Waals surface area contributed by atoms with Crippen molar-refractivity contribution in [1.29, 1.82) is 0 Å². The van der Waals surface area contributed by atoms with Gasteiger partial charge in [0.1, 0.15) is 0 Å². The van der Waals surface area contributed by atoms with Gasteiger partial charge in [-0.05, 0) is 12.8 Å². The van der Waals surface area contributed by atoms with E-state index in [0.29, 0.717) is 12.8 Å². The molecule has 0 aromatic rings. The normalized spacial score (nSPS) is 37.9. The second-order valence-corrected chi connectivity index (χ2v) is 4.45. The Morgan fingerprint density at radius 3 is 1.43 bits per heavy atom. The highest BCUT2D eigenvalue weighted by Gasteiger charge is 2.48.